The normalized spacial score (nSPS) is 20.0. The summed E-state index contributed by atoms with van der Waals surface area (Å²) in [7, 11) is 0. The Morgan fingerprint density at radius 3 is 2.50 bits per heavy atom. The van der Waals surface area contributed by atoms with E-state index in [1.54, 1.807) is 6.92 Å². The van der Waals surface area contributed by atoms with E-state index in [1.165, 1.54) is 0 Å². The summed E-state index contributed by atoms with van der Waals surface area (Å²) >= 11 is -2.17. The first kappa shape index (κ1) is 10.0. The van der Waals surface area contributed by atoms with E-state index in [2.05, 4.69) is 4.18 Å². The quantitative estimate of drug-likeness (QED) is 0.589. The second-order valence-electron chi connectivity index (χ2n) is 2.34. The van der Waals surface area contributed by atoms with Crippen LogP contribution in [0.3, 0.4) is 0 Å². The molecule has 0 saturated heterocycles. The van der Waals surface area contributed by atoms with Gasteiger partial charge in [-0.2, -0.15) is 4.21 Å². The third kappa shape index (κ3) is 6.15. The SMILES string of the molecule is CC(N)CC(C)OS(=O)O. The van der Waals surface area contributed by atoms with Crippen LogP contribution in [0.4, 0.5) is 0 Å². The van der Waals surface area contributed by atoms with E-state index in [0.717, 1.165) is 0 Å². The van der Waals surface area contributed by atoms with E-state index < -0.39 is 11.4 Å². The molecule has 3 N–H and O–H groups in total. The molecule has 0 spiro atoms. The van der Waals surface area contributed by atoms with Crippen molar-refractivity contribution in [2.75, 3.05) is 0 Å². The van der Waals surface area contributed by atoms with Crippen molar-refractivity contribution in [3.63, 3.8) is 0 Å². The van der Waals surface area contributed by atoms with Crippen molar-refractivity contribution in [1.82, 2.24) is 0 Å². The van der Waals surface area contributed by atoms with Gasteiger partial charge in [-0.05, 0) is 20.3 Å². The summed E-state index contributed by atoms with van der Waals surface area (Å²) < 4.78 is 22.8. The van der Waals surface area contributed by atoms with Gasteiger partial charge in [0.15, 0.2) is 0 Å². The molecule has 0 saturated carbocycles. The van der Waals surface area contributed by atoms with E-state index in [1.807, 2.05) is 6.92 Å². The van der Waals surface area contributed by atoms with E-state index in [0.29, 0.717) is 6.42 Å². The van der Waals surface area contributed by atoms with Gasteiger partial charge in [-0.1, -0.05) is 0 Å². The molecule has 0 heterocycles. The average Bonchev–Trinajstić information content (AvgIpc) is 1.58. The van der Waals surface area contributed by atoms with Crippen LogP contribution in [0.2, 0.25) is 0 Å². The molecule has 0 aliphatic carbocycles. The van der Waals surface area contributed by atoms with Crippen molar-refractivity contribution < 1.29 is 12.9 Å². The summed E-state index contributed by atoms with van der Waals surface area (Å²) in [6, 6.07) is -0.00134. The van der Waals surface area contributed by atoms with Crippen molar-refractivity contribution in [1.29, 1.82) is 0 Å². The molecule has 62 valence electrons. The summed E-state index contributed by atoms with van der Waals surface area (Å²) in [5.74, 6) is 0. The van der Waals surface area contributed by atoms with Gasteiger partial charge >= 0.3 is 11.4 Å². The Labute approximate surface area is 63.2 Å². The topological polar surface area (TPSA) is 72.5 Å². The lowest BCUT2D eigenvalue weighted by Crippen LogP contribution is -2.23. The predicted molar refractivity (Wildman–Crippen MR) is 39.6 cm³/mol. The Morgan fingerprint density at radius 1 is 1.70 bits per heavy atom. The van der Waals surface area contributed by atoms with Gasteiger partial charge in [0.1, 0.15) is 0 Å². The molecule has 10 heavy (non-hydrogen) atoms. The highest BCUT2D eigenvalue weighted by molar-refractivity contribution is 7.74. The first-order chi connectivity index (χ1) is 4.52. The van der Waals surface area contributed by atoms with E-state index in [-0.39, 0.29) is 12.1 Å². The fraction of sp³-hybridized carbons (Fsp3) is 1.00. The van der Waals surface area contributed by atoms with E-state index in [9.17, 15) is 4.21 Å². The molecular formula is C5H13NO3S. The van der Waals surface area contributed by atoms with Crippen molar-refractivity contribution in [2.24, 2.45) is 5.73 Å². The Balaban J connectivity index is 3.43. The van der Waals surface area contributed by atoms with Crippen LogP contribution in [-0.4, -0.2) is 20.9 Å². The molecule has 0 amide bonds. The van der Waals surface area contributed by atoms with Gasteiger partial charge in [0, 0.05) is 6.04 Å². The van der Waals surface area contributed by atoms with Crippen LogP contribution in [0.25, 0.3) is 0 Å². The highest BCUT2D eigenvalue weighted by Gasteiger charge is 2.07. The minimum Gasteiger partial charge on any atom is -0.328 e. The third-order valence-corrected chi connectivity index (χ3v) is 1.44. The molecular weight excluding hydrogens is 154 g/mol. The van der Waals surface area contributed by atoms with Crippen LogP contribution in [0.5, 0.6) is 0 Å². The van der Waals surface area contributed by atoms with Gasteiger partial charge in [-0.15, -0.1) is 0 Å². The van der Waals surface area contributed by atoms with Crippen LogP contribution < -0.4 is 5.73 Å². The minimum atomic E-state index is -2.17. The van der Waals surface area contributed by atoms with Crippen molar-refractivity contribution in [2.45, 2.75) is 32.4 Å². The van der Waals surface area contributed by atoms with E-state index >= 15 is 0 Å². The Hall–Kier alpha value is 0.0300. The molecule has 0 radical (unpaired) electrons. The zero-order chi connectivity index (χ0) is 8.15. The molecule has 0 aromatic rings. The zero-order valence-electron chi connectivity index (χ0n) is 6.11. The summed E-state index contributed by atoms with van der Waals surface area (Å²) in [4.78, 5) is 0. The van der Waals surface area contributed by atoms with Gasteiger partial charge in [-0.25, -0.2) is 0 Å². The highest BCUT2D eigenvalue weighted by atomic mass is 32.2. The summed E-state index contributed by atoms with van der Waals surface area (Å²) in [6.07, 6.45) is 0.331. The number of nitrogens with two attached hydrogens (primary N) is 1. The molecule has 3 atom stereocenters. The highest BCUT2D eigenvalue weighted by Crippen LogP contribution is 2.00. The Morgan fingerprint density at radius 2 is 2.20 bits per heavy atom. The minimum absolute atomic E-state index is 0.00134. The molecule has 0 bridgehead atoms. The maximum absolute atomic E-state index is 10.0. The predicted octanol–water partition coefficient (Wildman–Crippen LogP) is 0.266. The number of hydrogen-bond acceptors (Lipinski definition) is 3. The standard InChI is InChI=1S/C5H13NO3S/c1-4(6)3-5(2)9-10(7)8/h4-5H,3,6H2,1-2H3,(H,7,8). The Bertz CT molecular complexity index is 117. The summed E-state index contributed by atoms with van der Waals surface area (Å²) in [6.45, 7) is 3.53. The lowest BCUT2D eigenvalue weighted by Gasteiger charge is -2.10. The smallest absolute Gasteiger partial charge is 0.302 e. The molecule has 0 aromatic carbocycles. The number of rotatable bonds is 4. The molecule has 4 nitrogen and oxygen atoms in total. The molecule has 0 aromatic heterocycles. The number of hydrogen-bond donors (Lipinski definition) is 2. The lowest BCUT2D eigenvalue weighted by molar-refractivity contribution is 0.205. The van der Waals surface area contributed by atoms with Gasteiger partial charge in [0.25, 0.3) is 0 Å². The van der Waals surface area contributed by atoms with Crippen molar-refractivity contribution in [3.05, 3.63) is 0 Å². The molecule has 0 aliphatic rings. The van der Waals surface area contributed by atoms with Crippen molar-refractivity contribution >= 4 is 11.4 Å². The average molecular weight is 167 g/mol. The van der Waals surface area contributed by atoms with Crippen LogP contribution in [0.1, 0.15) is 20.3 Å². The maximum atomic E-state index is 10.0. The van der Waals surface area contributed by atoms with Crippen LogP contribution >= 0.6 is 0 Å². The van der Waals surface area contributed by atoms with Gasteiger partial charge in [-0.3, -0.25) is 8.74 Å². The molecule has 3 unspecified atom stereocenters. The van der Waals surface area contributed by atoms with Crippen LogP contribution in [-0.2, 0) is 15.5 Å². The van der Waals surface area contributed by atoms with Crippen LogP contribution in [0.15, 0.2) is 0 Å². The second kappa shape index (κ2) is 4.79. The summed E-state index contributed by atoms with van der Waals surface area (Å²) in [5, 5.41) is 0. The zero-order valence-corrected chi connectivity index (χ0v) is 6.93. The molecule has 0 fully saturated rings. The molecule has 0 rings (SSSR count). The lowest BCUT2D eigenvalue weighted by atomic mass is 10.2. The summed E-state index contributed by atoms with van der Waals surface area (Å²) in [5.41, 5.74) is 5.41. The first-order valence-corrected chi connectivity index (χ1v) is 4.09. The fourth-order valence-corrected chi connectivity index (χ4v) is 1.06. The van der Waals surface area contributed by atoms with Gasteiger partial charge < -0.3 is 5.73 Å². The fourth-order valence-electron chi connectivity index (χ4n) is 0.703. The maximum Gasteiger partial charge on any atom is 0.302 e. The second-order valence-corrected chi connectivity index (χ2v) is 2.96. The molecule has 0 aliphatic heterocycles. The largest absolute Gasteiger partial charge is 0.328 e. The van der Waals surface area contributed by atoms with E-state index in [4.69, 9.17) is 10.3 Å². The molecule has 5 heteroatoms. The monoisotopic (exact) mass is 167 g/mol. The Kier molecular flexibility index (Phi) is 4.80. The third-order valence-electron chi connectivity index (χ3n) is 0.950. The first-order valence-electron chi connectivity index (χ1n) is 3.06. The van der Waals surface area contributed by atoms with Crippen LogP contribution in [0, 0.1) is 0 Å². The van der Waals surface area contributed by atoms with Gasteiger partial charge in [0.05, 0.1) is 6.10 Å². The van der Waals surface area contributed by atoms with Gasteiger partial charge in [0.2, 0.25) is 0 Å². The van der Waals surface area contributed by atoms with Crippen molar-refractivity contribution in [3.8, 4) is 0 Å².